The Hall–Kier alpha value is -2.69. The van der Waals surface area contributed by atoms with E-state index in [1.165, 1.54) is 0 Å². The highest BCUT2D eigenvalue weighted by Crippen LogP contribution is 2.29. The molecule has 2 aromatic rings. The molecule has 0 saturated carbocycles. The molecule has 0 spiro atoms. The fourth-order valence-electron chi connectivity index (χ4n) is 2.07. The summed E-state index contributed by atoms with van der Waals surface area (Å²) in [6.45, 7) is 4.83. The molecule has 0 aromatic heterocycles. The Balaban J connectivity index is 2.15. The predicted molar refractivity (Wildman–Crippen MR) is 89.7 cm³/mol. The maximum Gasteiger partial charge on any atom is 0.255 e. The van der Waals surface area contributed by atoms with Crippen molar-refractivity contribution in [3.05, 3.63) is 48.0 Å². The van der Waals surface area contributed by atoms with Crippen molar-refractivity contribution in [2.75, 3.05) is 25.6 Å². The smallest absolute Gasteiger partial charge is 0.255 e. The van der Waals surface area contributed by atoms with Gasteiger partial charge in [-0.25, -0.2) is 0 Å². The molecule has 0 aliphatic carbocycles. The van der Waals surface area contributed by atoms with Crippen LogP contribution < -0.4 is 19.5 Å². The average molecular weight is 315 g/mol. The highest BCUT2D eigenvalue weighted by molar-refractivity contribution is 6.04. The van der Waals surface area contributed by atoms with E-state index in [0.29, 0.717) is 36.0 Å². The molecule has 0 aliphatic heterocycles. The Labute approximate surface area is 136 Å². The van der Waals surface area contributed by atoms with Crippen LogP contribution in [0.25, 0.3) is 0 Å². The Bertz CT molecular complexity index is 653. The van der Waals surface area contributed by atoms with Gasteiger partial charge in [-0.2, -0.15) is 0 Å². The van der Waals surface area contributed by atoms with Gasteiger partial charge < -0.3 is 19.5 Å². The van der Waals surface area contributed by atoms with Gasteiger partial charge in [-0.05, 0) is 56.3 Å². The van der Waals surface area contributed by atoms with Crippen LogP contribution in [0, 0.1) is 0 Å². The van der Waals surface area contributed by atoms with Gasteiger partial charge in [0.25, 0.3) is 5.91 Å². The molecule has 5 nitrogen and oxygen atoms in total. The van der Waals surface area contributed by atoms with Crippen LogP contribution in [0.2, 0.25) is 0 Å². The minimum absolute atomic E-state index is 0.209. The van der Waals surface area contributed by atoms with E-state index in [9.17, 15) is 4.79 Å². The van der Waals surface area contributed by atoms with Gasteiger partial charge in [-0.1, -0.05) is 0 Å². The summed E-state index contributed by atoms with van der Waals surface area (Å²) < 4.78 is 16.1. The van der Waals surface area contributed by atoms with E-state index >= 15 is 0 Å². The van der Waals surface area contributed by atoms with E-state index in [-0.39, 0.29) is 5.91 Å². The summed E-state index contributed by atoms with van der Waals surface area (Å²) in [5.41, 5.74) is 1.20. The number of ether oxygens (including phenoxy) is 3. The van der Waals surface area contributed by atoms with Crippen molar-refractivity contribution >= 4 is 11.6 Å². The van der Waals surface area contributed by atoms with E-state index in [4.69, 9.17) is 14.2 Å². The number of nitrogens with one attached hydrogen (secondary N) is 1. The molecule has 0 radical (unpaired) electrons. The molecule has 0 aliphatic rings. The van der Waals surface area contributed by atoms with Gasteiger partial charge in [0, 0.05) is 11.3 Å². The van der Waals surface area contributed by atoms with E-state index < -0.39 is 0 Å². The van der Waals surface area contributed by atoms with Crippen molar-refractivity contribution in [3.63, 3.8) is 0 Å². The average Bonchev–Trinajstić information content (AvgIpc) is 2.57. The molecule has 0 unspecified atom stereocenters. The number of benzene rings is 2. The fraction of sp³-hybridized carbons (Fsp3) is 0.278. The molecule has 0 saturated heterocycles. The second-order valence-electron chi connectivity index (χ2n) is 4.71. The molecule has 122 valence electrons. The number of carbonyl (C=O) groups is 1. The lowest BCUT2D eigenvalue weighted by atomic mass is 10.1. The largest absolute Gasteiger partial charge is 0.497 e. The summed E-state index contributed by atoms with van der Waals surface area (Å²) in [4.78, 5) is 12.4. The van der Waals surface area contributed by atoms with Gasteiger partial charge in [0.1, 0.15) is 5.75 Å². The van der Waals surface area contributed by atoms with Crippen LogP contribution in [0.4, 0.5) is 5.69 Å². The van der Waals surface area contributed by atoms with Gasteiger partial charge in [-0.3, -0.25) is 4.79 Å². The quantitative estimate of drug-likeness (QED) is 0.845. The van der Waals surface area contributed by atoms with Crippen molar-refractivity contribution < 1.29 is 19.0 Å². The molecule has 2 rings (SSSR count). The zero-order chi connectivity index (χ0) is 16.7. The number of rotatable bonds is 7. The number of hydrogen-bond donors (Lipinski definition) is 1. The zero-order valence-corrected chi connectivity index (χ0v) is 13.6. The first-order valence-corrected chi connectivity index (χ1v) is 7.53. The first-order valence-electron chi connectivity index (χ1n) is 7.53. The van der Waals surface area contributed by atoms with Crippen LogP contribution in [0.1, 0.15) is 24.2 Å². The van der Waals surface area contributed by atoms with Crippen LogP contribution in [0.3, 0.4) is 0 Å². The molecule has 0 bridgehead atoms. The lowest BCUT2D eigenvalue weighted by molar-refractivity contribution is 0.102. The summed E-state index contributed by atoms with van der Waals surface area (Å²) >= 11 is 0. The Kier molecular flexibility index (Phi) is 5.86. The summed E-state index contributed by atoms with van der Waals surface area (Å²) in [7, 11) is 1.60. The van der Waals surface area contributed by atoms with E-state index in [1.54, 1.807) is 49.6 Å². The summed E-state index contributed by atoms with van der Waals surface area (Å²) in [5, 5.41) is 2.84. The second-order valence-corrected chi connectivity index (χ2v) is 4.71. The zero-order valence-electron chi connectivity index (χ0n) is 13.6. The first-order chi connectivity index (χ1) is 11.2. The topological polar surface area (TPSA) is 56.8 Å². The van der Waals surface area contributed by atoms with Crippen LogP contribution in [-0.2, 0) is 0 Å². The van der Waals surface area contributed by atoms with Crippen LogP contribution in [0.5, 0.6) is 17.2 Å². The van der Waals surface area contributed by atoms with Crippen molar-refractivity contribution in [1.82, 2.24) is 0 Å². The predicted octanol–water partition coefficient (Wildman–Crippen LogP) is 3.74. The van der Waals surface area contributed by atoms with Gasteiger partial charge in [-0.15, -0.1) is 0 Å². The highest BCUT2D eigenvalue weighted by Gasteiger charge is 2.12. The molecular weight excluding hydrogens is 294 g/mol. The number of amides is 1. The summed E-state index contributed by atoms with van der Waals surface area (Å²) in [5.74, 6) is 1.73. The number of hydrogen-bond acceptors (Lipinski definition) is 4. The van der Waals surface area contributed by atoms with E-state index in [2.05, 4.69) is 5.32 Å². The molecular formula is C18H21NO4. The van der Waals surface area contributed by atoms with E-state index in [0.717, 1.165) is 5.75 Å². The number of anilines is 1. The monoisotopic (exact) mass is 315 g/mol. The van der Waals surface area contributed by atoms with Gasteiger partial charge in [0.2, 0.25) is 0 Å². The Morgan fingerprint density at radius 1 is 0.957 bits per heavy atom. The number of methoxy groups -OCH3 is 1. The van der Waals surface area contributed by atoms with Crippen molar-refractivity contribution in [1.29, 1.82) is 0 Å². The molecule has 1 N–H and O–H groups in total. The van der Waals surface area contributed by atoms with Crippen molar-refractivity contribution in [2.24, 2.45) is 0 Å². The molecule has 2 aromatic carbocycles. The molecule has 0 atom stereocenters. The van der Waals surface area contributed by atoms with Gasteiger partial charge in [0.15, 0.2) is 11.5 Å². The van der Waals surface area contributed by atoms with Crippen molar-refractivity contribution in [2.45, 2.75) is 13.8 Å². The Morgan fingerprint density at radius 2 is 1.61 bits per heavy atom. The minimum atomic E-state index is -0.209. The Morgan fingerprint density at radius 3 is 2.22 bits per heavy atom. The molecule has 0 fully saturated rings. The SMILES string of the molecule is CCOc1ccc(C(=O)Nc2ccc(OC)cc2)cc1OCC. The molecule has 0 heterocycles. The lowest BCUT2D eigenvalue weighted by Gasteiger charge is -2.12. The molecule has 23 heavy (non-hydrogen) atoms. The highest BCUT2D eigenvalue weighted by atomic mass is 16.5. The molecule has 5 heteroatoms. The van der Waals surface area contributed by atoms with Gasteiger partial charge in [0.05, 0.1) is 20.3 Å². The third-order valence-corrected chi connectivity index (χ3v) is 3.15. The van der Waals surface area contributed by atoms with Crippen LogP contribution in [0.15, 0.2) is 42.5 Å². The third-order valence-electron chi connectivity index (χ3n) is 3.15. The third kappa shape index (κ3) is 4.39. The minimum Gasteiger partial charge on any atom is -0.497 e. The van der Waals surface area contributed by atoms with Gasteiger partial charge >= 0.3 is 0 Å². The second kappa shape index (κ2) is 8.08. The van der Waals surface area contributed by atoms with Crippen LogP contribution >= 0.6 is 0 Å². The fourth-order valence-corrected chi connectivity index (χ4v) is 2.07. The van der Waals surface area contributed by atoms with Crippen LogP contribution in [-0.4, -0.2) is 26.2 Å². The number of carbonyl (C=O) groups excluding carboxylic acids is 1. The summed E-state index contributed by atoms with van der Waals surface area (Å²) in [6, 6.07) is 12.3. The maximum absolute atomic E-state index is 12.4. The normalized spacial score (nSPS) is 10.0. The molecule has 1 amide bonds. The van der Waals surface area contributed by atoms with Crippen molar-refractivity contribution in [3.8, 4) is 17.2 Å². The summed E-state index contributed by atoms with van der Waals surface area (Å²) in [6.07, 6.45) is 0. The standard InChI is InChI=1S/C18H21NO4/c1-4-22-16-11-6-13(12-17(16)23-5-2)18(20)19-14-7-9-15(21-3)10-8-14/h6-12H,4-5H2,1-3H3,(H,19,20). The maximum atomic E-state index is 12.4. The lowest BCUT2D eigenvalue weighted by Crippen LogP contribution is -2.12. The van der Waals surface area contributed by atoms with E-state index in [1.807, 2.05) is 13.8 Å². The first kappa shape index (κ1) is 16.7.